The molecule has 1 aromatic heterocycles. The van der Waals surface area contributed by atoms with E-state index in [9.17, 15) is 4.79 Å². The van der Waals surface area contributed by atoms with Crippen LogP contribution in [0.5, 0.6) is 0 Å². The summed E-state index contributed by atoms with van der Waals surface area (Å²) in [6.07, 6.45) is 0. The smallest absolute Gasteiger partial charge is 0.293 e. The second-order valence-corrected chi connectivity index (χ2v) is 3.07. The van der Waals surface area contributed by atoms with E-state index in [0.29, 0.717) is 12.4 Å². The highest BCUT2D eigenvalue weighted by Gasteiger charge is 2.15. The van der Waals surface area contributed by atoms with E-state index < -0.39 is 0 Å². The topological polar surface area (TPSA) is 73.9 Å². The van der Waals surface area contributed by atoms with Crippen LogP contribution in [0.1, 0.15) is 16.4 Å². The summed E-state index contributed by atoms with van der Waals surface area (Å²) in [4.78, 5) is 17.2. The van der Waals surface area contributed by atoms with Crippen LogP contribution in [0.25, 0.3) is 0 Å². The normalized spacial score (nSPS) is 10.2. The SMILES string of the molecule is CNCCN(C)C(=O)c1n[nH]c(C)n1. The Bertz CT molecular complexity index is 308. The van der Waals surface area contributed by atoms with E-state index in [-0.39, 0.29) is 11.7 Å². The molecule has 0 aliphatic carbocycles. The van der Waals surface area contributed by atoms with Crippen molar-refractivity contribution in [1.82, 2.24) is 25.4 Å². The third-order valence-electron chi connectivity index (χ3n) is 1.83. The highest BCUT2D eigenvalue weighted by molar-refractivity contribution is 5.90. The van der Waals surface area contributed by atoms with E-state index in [4.69, 9.17) is 0 Å². The molecule has 1 amide bonds. The van der Waals surface area contributed by atoms with Crippen molar-refractivity contribution < 1.29 is 4.79 Å². The lowest BCUT2D eigenvalue weighted by atomic mass is 10.4. The molecule has 1 heterocycles. The third-order valence-corrected chi connectivity index (χ3v) is 1.83. The van der Waals surface area contributed by atoms with Crippen LogP contribution in [0, 0.1) is 6.92 Å². The summed E-state index contributed by atoms with van der Waals surface area (Å²) in [5, 5.41) is 9.40. The molecule has 0 radical (unpaired) electrons. The monoisotopic (exact) mass is 197 g/mol. The molecule has 1 rings (SSSR count). The van der Waals surface area contributed by atoms with Gasteiger partial charge in [0.1, 0.15) is 5.82 Å². The minimum atomic E-state index is -0.162. The van der Waals surface area contributed by atoms with Gasteiger partial charge in [-0.1, -0.05) is 0 Å². The number of aromatic nitrogens is 3. The van der Waals surface area contributed by atoms with Gasteiger partial charge in [-0.15, -0.1) is 5.10 Å². The van der Waals surface area contributed by atoms with E-state index in [1.165, 1.54) is 0 Å². The molecule has 1 aromatic rings. The van der Waals surface area contributed by atoms with Gasteiger partial charge in [0.2, 0.25) is 5.82 Å². The number of rotatable bonds is 4. The van der Waals surface area contributed by atoms with Crippen molar-refractivity contribution in [3.63, 3.8) is 0 Å². The Labute approximate surface area is 82.7 Å². The fourth-order valence-corrected chi connectivity index (χ4v) is 0.990. The maximum atomic E-state index is 11.6. The largest absolute Gasteiger partial charge is 0.338 e. The summed E-state index contributed by atoms with van der Waals surface area (Å²) < 4.78 is 0. The number of H-pyrrole nitrogens is 1. The van der Waals surface area contributed by atoms with Crippen molar-refractivity contribution in [2.24, 2.45) is 0 Å². The number of carbonyl (C=O) groups excluding carboxylic acids is 1. The molecule has 0 atom stereocenters. The number of hydrogen-bond donors (Lipinski definition) is 2. The minimum absolute atomic E-state index is 0.162. The van der Waals surface area contributed by atoms with Crippen molar-refractivity contribution in [2.45, 2.75) is 6.92 Å². The van der Waals surface area contributed by atoms with Crippen LogP contribution in [0.4, 0.5) is 0 Å². The number of aromatic amines is 1. The van der Waals surface area contributed by atoms with Crippen LogP contribution in [0.3, 0.4) is 0 Å². The average molecular weight is 197 g/mol. The number of hydrogen-bond acceptors (Lipinski definition) is 4. The van der Waals surface area contributed by atoms with E-state index in [1.54, 1.807) is 18.9 Å². The number of nitrogens with zero attached hydrogens (tertiary/aromatic N) is 3. The maximum absolute atomic E-state index is 11.6. The standard InChI is InChI=1S/C8H15N5O/c1-6-10-7(12-11-6)8(14)13(3)5-4-9-2/h9H,4-5H2,1-3H3,(H,10,11,12). The van der Waals surface area contributed by atoms with Gasteiger partial charge in [-0.3, -0.25) is 9.89 Å². The Morgan fingerprint density at radius 3 is 2.86 bits per heavy atom. The number of nitrogens with one attached hydrogen (secondary N) is 2. The van der Waals surface area contributed by atoms with Crippen molar-refractivity contribution in [1.29, 1.82) is 0 Å². The van der Waals surface area contributed by atoms with Crippen molar-refractivity contribution >= 4 is 5.91 Å². The average Bonchev–Trinajstić information content (AvgIpc) is 2.60. The zero-order valence-electron chi connectivity index (χ0n) is 8.66. The Kier molecular flexibility index (Phi) is 3.58. The molecule has 0 bridgehead atoms. The first-order chi connectivity index (χ1) is 6.65. The summed E-state index contributed by atoms with van der Waals surface area (Å²) in [6, 6.07) is 0. The molecule has 0 aliphatic rings. The third kappa shape index (κ3) is 2.53. The quantitative estimate of drug-likeness (QED) is 0.676. The molecule has 0 aromatic carbocycles. The van der Waals surface area contributed by atoms with E-state index >= 15 is 0 Å². The fourth-order valence-electron chi connectivity index (χ4n) is 0.990. The summed E-state index contributed by atoms with van der Waals surface area (Å²) in [7, 11) is 3.57. The zero-order valence-corrected chi connectivity index (χ0v) is 8.66. The molecule has 0 fully saturated rings. The molecule has 0 saturated carbocycles. The maximum Gasteiger partial charge on any atom is 0.293 e. The van der Waals surface area contributed by atoms with Gasteiger partial charge in [-0.2, -0.15) is 0 Å². The first-order valence-corrected chi connectivity index (χ1v) is 4.44. The molecule has 14 heavy (non-hydrogen) atoms. The number of carbonyl (C=O) groups is 1. The zero-order chi connectivity index (χ0) is 10.6. The van der Waals surface area contributed by atoms with Crippen LogP contribution in [-0.4, -0.2) is 53.2 Å². The molecular weight excluding hydrogens is 182 g/mol. The molecule has 0 saturated heterocycles. The molecular formula is C8H15N5O. The predicted molar refractivity (Wildman–Crippen MR) is 52.0 cm³/mol. The summed E-state index contributed by atoms with van der Waals surface area (Å²) >= 11 is 0. The summed E-state index contributed by atoms with van der Waals surface area (Å²) in [5.41, 5.74) is 0. The number of aryl methyl sites for hydroxylation is 1. The summed E-state index contributed by atoms with van der Waals surface area (Å²) in [6.45, 7) is 3.16. The Morgan fingerprint density at radius 1 is 1.64 bits per heavy atom. The van der Waals surface area contributed by atoms with Gasteiger partial charge < -0.3 is 10.2 Å². The second kappa shape index (κ2) is 4.71. The molecule has 0 unspecified atom stereocenters. The highest BCUT2D eigenvalue weighted by atomic mass is 16.2. The van der Waals surface area contributed by atoms with Crippen molar-refractivity contribution in [3.05, 3.63) is 11.6 Å². The minimum Gasteiger partial charge on any atom is -0.338 e. The first-order valence-electron chi connectivity index (χ1n) is 4.44. The van der Waals surface area contributed by atoms with Crippen LogP contribution < -0.4 is 5.32 Å². The van der Waals surface area contributed by atoms with Gasteiger partial charge in [0.15, 0.2) is 0 Å². The lowest BCUT2D eigenvalue weighted by Gasteiger charge is -2.14. The summed E-state index contributed by atoms with van der Waals surface area (Å²) in [5.74, 6) is 0.709. The van der Waals surface area contributed by atoms with Gasteiger partial charge in [-0.25, -0.2) is 4.98 Å². The highest BCUT2D eigenvalue weighted by Crippen LogP contribution is 1.96. The van der Waals surface area contributed by atoms with Crippen LogP contribution in [0.15, 0.2) is 0 Å². The van der Waals surface area contributed by atoms with E-state index in [2.05, 4.69) is 20.5 Å². The first kappa shape index (κ1) is 10.6. The number of likely N-dealkylation sites (N-methyl/N-ethyl adjacent to an activating group) is 2. The molecule has 78 valence electrons. The molecule has 6 heteroatoms. The lowest BCUT2D eigenvalue weighted by Crippen LogP contribution is -2.33. The van der Waals surface area contributed by atoms with Crippen LogP contribution in [-0.2, 0) is 0 Å². The number of amides is 1. The van der Waals surface area contributed by atoms with Gasteiger partial charge in [0, 0.05) is 20.1 Å². The molecule has 0 aliphatic heterocycles. The van der Waals surface area contributed by atoms with Gasteiger partial charge in [-0.05, 0) is 14.0 Å². The van der Waals surface area contributed by atoms with Crippen molar-refractivity contribution in [2.75, 3.05) is 27.2 Å². The lowest BCUT2D eigenvalue weighted by molar-refractivity contribution is 0.0785. The second-order valence-electron chi connectivity index (χ2n) is 3.07. The van der Waals surface area contributed by atoms with Gasteiger partial charge in [0.25, 0.3) is 5.91 Å². The molecule has 0 spiro atoms. The Morgan fingerprint density at radius 2 is 2.36 bits per heavy atom. The van der Waals surface area contributed by atoms with E-state index in [1.807, 2.05) is 7.05 Å². The molecule has 6 nitrogen and oxygen atoms in total. The fraction of sp³-hybridized carbons (Fsp3) is 0.625. The Balaban J connectivity index is 2.56. The van der Waals surface area contributed by atoms with Crippen LogP contribution in [0.2, 0.25) is 0 Å². The predicted octanol–water partition coefficient (Wildman–Crippen LogP) is -0.595. The molecule has 2 N–H and O–H groups in total. The van der Waals surface area contributed by atoms with Crippen LogP contribution >= 0.6 is 0 Å². The van der Waals surface area contributed by atoms with Crippen molar-refractivity contribution in [3.8, 4) is 0 Å². The van der Waals surface area contributed by atoms with Gasteiger partial charge in [0.05, 0.1) is 0 Å². The van der Waals surface area contributed by atoms with E-state index in [0.717, 1.165) is 6.54 Å². The Hall–Kier alpha value is -1.43. The van der Waals surface area contributed by atoms with Gasteiger partial charge >= 0.3 is 0 Å².